The molecule has 29 heavy (non-hydrogen) atoms. The molecule has 3 heterocycles. The van der Waals surface area contributed by atoms with Gasteiger partial charge in [-0.15, -0.1) is 0 Å². The molecule has 0 spiro atoms. The average Bonchev–Trinajstić information content (AvgIpc) is 3.26. The van der Waals surface area contributed by atoms with Crippen LogP contribution in [0.2, 0.25) is 0 Å². The molecule has 0 unspecified atom stereocenters. The summed E-state index contributed by atoms with van der Waals surface area (Å²) in [6, 6.07) is 0.583. The van der Waals surface area contributed by atoms with Gasteiger partial charge in [0.1, 0.15) is 0 Å². The van der Waals surface area contributed by atoms with Gasteiger partial charge in [-0.2, -0.15) is 18.3 Å². The lowest BCUT2D eigenvalue weighted by atomic mass is 9.99. The van der Waals surface area contributed by atoms with Crippen molar-refractivity contribution < 1.29 is 32.5 Å². The fraction of sp³-hybridized carbons (Fsp3) is 0.789. The van der Waals surface area contributed by atoms with Crippen molar-refractivity contribution in [3.05, 3.63) is 18.0 Å². The fourth-order valence-electron chi connectivity index (χ4n) is 3.84. The van der Waals surface area contributed by atoms with Crippen molar-refractivity contribution in [1.82, 2.24) is 14.7 Å². The maximum atomic E-state index is 10.6. The normalized spacial score (nSPS) is 27.2. The summed E-state index contributed by atoms with van der Waals surface area (Å²) < 4.78 is 45.7. The van der Waals surface area contributed by atoms with Crippen LogP contribution in [0.25, 0.3) is 0 Å². The molecule has 0 bridgehead atoms. The number of hydrogen-bond donors (Lipinski definition) is 1. The Bertz CT molecular complexity index is 678. The largest absolute Gasteiger partial charge is 0.490 e. The SMILES string of the molecule is Cn1cc(CN2CC[C@H]3O[C@@H](COCC4CC4)CC[C@H]32)cn1.O=C(O)C(F)(F)F. The minimum absolute atomic E-state index is 0.318. The highest BCUT2D eigenvalue weighted by atomic mass is 19.4. The third-order valence-electron chi connectivity index (χ3n) is 5.49. The molecule has 1 aliphatic carbocycles. The van der Waals surface area contributed by atoms with Gasteiger partial charge in [0, 0.05) is 44.5 Å². The molecule has 0 radical (unpaired) electrons. The Kier molecular flexibility index (Phi) is 7.18. The van der Waals surface area contributed by atoms with Crippen molar-refractivity contribution in [2.45, 2.75) is 63.1 Å². The molecule has 1 saturated carbocycles. The second-order valence-corrected chi connectivity index (χ2v) is 8.01. The molecule has 1 aromatic heterocycles. The third kappa shape index (κ3) is 6.68. The number of aromatic nitrogens is 2. The zero-order valence-electron chi connectivity index (χ0n) is 16.5. The van der Waals surface area contributed by atoms with Crippen molar-refractivity contribution in [2.24, 2.45) is 13.0 Å². The zero-order chi connectivity index (χ0) is 21.0. The van der Waals surface area contributed by atoms with E-state index in [4.69, 9.17) is 19.4 Å². The molecule has 0 aromatic carbocycles. The molecule has 3 atom stereocenters. The Morgan fingerprint density at radius 3 is 2.59 bits per heavy atom. The molecule has 7 nitrogen and oxygen atoms in total. The number of nitrogens with zero attached hydrogens (tertiary/aromatic N) is 3. The van der Waals surface area contributed by atoms with E-state index in [0.29, 0.717) is 18.2 Å². The van der Waals surface area contributed by atoms with E-state index in [-0.39, 0.29) is 0 Å². The maximum absolute atomic E-state index is 10.6. The van der Waals surface area contributed by atoms with E-state index >= 15 is 0 Å². The number of aryl methyl sites for hydroxylation is 1. The summed E-state index contributed by atoms with van der Waals surface area (Å²) in [6.07, 6.45) is 5.98. The summed E-state index contributed by atoms with van der Waals surface area (Å²) in [6.45, 7) is 3.88. The molecule has 164 valence electrons. The molecular weight excluding hydrogens is 391 g/mol. The molecule has 2 aliphatic heterocycles. The summed E-state index contributed by atoms with van der Waals surface area (Å²) in [5, 5.41) is 11.4. The standard InChI is InChI=1S/C17H27N3O2.C2HF3O2/c1-19-9-14(8-18-19)10-20-7-6-17-16(20)5-4-15(22-17)12-21-11-13-2-3-13;3-2(4,5)1(6)7/h8-9,13,15-17H,2-7,10-12H2,1H3;(H,6,7)/t15-,16-,17-;/m1./s1. The lowest BCUT2D eigenvalue weighted by Crippen LogP contribution is -2.43. The van der Waals surface area contributed by atoms with Crippen LogP contribution in [-0.2, 0) is 27.9 Å². The highest BCUT2D eigenvalue weighted by Crippen LogP contribution is 2.33. The van der Waals surface area contributed by atoms with E-state index in [0.717, 1.165) is 45.1 Å². The van der Waals surface area contributed by atoms with Gasteiger partial charge in [0.25, 0.3) is 0 Å². The van der Waals surface area contributed by atoms with Gasteiger partial charge in [-0.1, -0.05) is 0 Å². The Morgan fingerprint density at radius 2 is 2.00 bits per heavy atom. The Labute approximate surface area is 167 Å². The van der Waals surface area contributed by atoms with Crippen molar-refractivity contribution >= 4 is 5.97 Å². The van der Waals surface area contributed by atoms with Gasteiger partial charge in [0.05, 0.1) is 25.0 Å². The van der Waals surface area contributed by atoms with Crippen LogP contribution in [0.1, 0.15) is 37.7 Å². The number of aliphatic carboxylic acids is 1. The summed E-state index contributed by atoms with van der Waals surface area (Å²) in [5.74, 6) is -1.91. The van der Waals surface area contributed by atoms with Crippen molar-refractivity contribution in [2.75, 3.05) is 19.8 Å². The number of carboxylic acid groups (broad SMARTS) is 1. The first kappa shape index (κ1) is 22.0. The van der Waals surface area contributed by atoms with Gasteiger partial charge in [-0.3, -0.25) is 9.58 Å². The fourth-order valence-corrected chi connectivity index (χ4v) is 3.84. The molecular formula is C19H28F3N3O4. The third-order valence-corrected chi connectivity index (χ3v) is 5.49. The van der Waals surface area contributed by atoms with Gasteiger partial charge < -0.3 is 14.6 Å². The number of likely N-dealkylation sites (tertiary alicyclic amines) is 1. The number of carboxylic acids is 1. The monoisotopic (exact) mass is 419 g/mol. The predicted octanol–water partition coefficient (Wildman–Crippen LogP) is 2.60. The number of halogens is 3. The van der Waals surface area contributed by atoms with Crippen LogP contribution < -0.4 is 0 Å². The van der Waals surface area contributed by atoms with Crippen molar-refractivity contribution in [1.29, 1.82) is 0 Å². The molecule has 1 aromatic rings. The molecule has 2 saturated heterocycles. The van der Waals surface area contributed by atoms with Gasteiger partial charge >= 0.3 is 12.1 Å². The molecule has 3 aliphatic rings. The van der Waals surface area contributed by atoms with E-state index in [2.05, 4.69) is 16.2 Å². The predicted molar refractivity (Wildman–Crippen MR) is 97.2 cm³/mol. The number of hydrogen-bond acceptors (Lipinski definition) is 5. The summed E-state index contributed by atoms with van der Waals surface area (Å²) in [7, 11) is 1.98. The molecule has 1 N–H and O–H groups in total. The smallest absolute Gasteiger partial charge is 0.475 e. The van der Waals surface area contributed by atoms with Crippen molar-refractivity contribution in [3.63, 3.8) is 0 Å². The van der Waals surface area contributed by atoms with Crippen LogP contribution in [0.4, 0.5) is 13.2 Å². The molecule has 10 heteroatoms. The van der Waals surface area contributed by atoms with Gasteiger partial charge in [-0.25, -0.2) is 4.79 Å². The average molecular weight is 419 g/mol. The van der Waals surface area contributed by atoms with Crippen molar-refractivity contribution in [3.8, 4) is 0 Å². The quantitative estimate of drug-likeness (QED) is 0.764. The Hall–Kier alpha value is -1.65. The van der Waals surface area contributed by atoms with E-state index < -0.39 is 12.1 Å². The maximum Gasteiger partial charge on any atom is 0.490 e. The first-order chi connectivity index (χ1) is 13.7. The van der Waals surface area contributed by atoms with E-state index in [1.807, 2.05) is 17.9 Å². The van der Waals surface area contributed by atoms with Gasteiger partial charge in [0.2, 0.25) is 0 Å². The number of rotatable bonds is 6. The summed E-state index contributed by atoms with van der Waals surface area (Å²) in [5.41, 5.74) is 1.30. The lowest BCUT2D eigenvalue weighted by Gasteiger charge is -2.35. The molecule has 0 amide bonds. The second kappa shape index (κ2) is 9.44. The highest BCUT2D eigenvalue weighted by molar-refractivity contribution is 5.73. The van der Waals surface area contributed by atoms with Crippen LogP contribution in [0.3, 0.4) is 0 Å². The number of fused-ring (bicyclic) bond motifs is 1. The van der Waals surface area contributed by atoms with Crippen LogP contribution >= 0.6 is 0 Å². The molecule has 4 rings (SSSR count). The zero-order valence-corrected chi connectivity index (χ0v) is 16.5. The topological polar surface area (TPSA) is 76.8 Å². The summed E-state index contributed by atoms with van der Waals surface area (Å²) in [4.78, 5) is 11.5. The number of alkyl halides is 3. The van der Waals surface area contributed by atoms with E-state index in [9.17, 15) is 13.2 Å². The Morgan fingerprint density at radius 1 is 1.28 bits per heavy atom. The first-order valence-corrected chi connectivity index (χ1v) is 9.97. The minimum Gasteiger partial charge on any atom is -0.475 e. The number of carbonyl (C=O) groups is 1. The minimum atomic E-state index is -5.08. The van der Waals surface area contributed by atoms with E-state index in [1.54, 1.807) is 0 Å². The first-order valence-electron chi connectivity index (χ1n) is 9.97. The summed E-state index contributed by atoms with van der Waals surface area (Å²) >= 11 is 0. The van der Waals surface area contributed by atoms with Crippen LogP contribution in [0.5, 0.6) is 0 Å². The van der Waals surface area contributed by atoms with Gasteiger partial charge in [0.15, 0.2) is 0 Å². The van der Waals surface area contributed by atoms with Crippen LogP contribution in [0.15, 0.2) is 12.4 Å². The van der Waals surface area contributed by atoms with Crippen LogP contribution in [-0.4, -0.2) is 69.9 Å². The lowest BCUT2D eigenvalue weighted by molar-refractivity contribution is -0.192. The highest BCUT2D eigenvalue weighted by Gasteiger charge is 2.40. The Balaban J connectivity index is 0.000000298. The molecule has 3 fully saturated rings. The van der Waals surface area contributed by atoms with Gasteiger partial charge in [-0.05, 0) is 38.0 Å². The van der Waals surface area contributed by atoms with Crippen LogP contribution in [0, 0.1) is 5.92 Å². The van der Waals surface area contributed by atoms with E-state index in [1.165, 1.54) is 24.8 Å². The number of ether oxygens (including phenoxy) is 2. The second-order valence-electron chi connectivity index (χ2n) is 8.01.